The molecule has 1 aromatic rings. The lowest BCUT2D eigenvalue weighted by atomic mass is 9.79. The lowest BCUT2D eigenvalue weighted by Gasteiger charge is -2.27. The molecule has 0 atom stereocenters. The van der Waals surface area contributed by atoms with E-state index in [2.05, 4.69) is 0 Å². The summed E-state index contributed by atoms with van der Waals surface area (Å²) in [5, 5.41) is 17.8. The Kier molecular flexibility index (Phi) is 4.05. The van der Waals surface area contributed by atoms with Crippen LogP contribution in [-0.4, -0.2) is 16.2 Å². The summed E-state index contributed by atoms with van der Waals surface area (Å²) in [4.78, 5) is 10.7. The number of hydrogen-bond acceptors (Lipinski definition) is 2. The van der Waals surface area contributed by atoms with Crippen LogP contribution in [0.4, 0.5) is 13.2 Å². The van der Waals surface area contributed by atoms with Crippen molar-refractivity contribution in [1.82, 2.24) is 0 Å². The molecule has 0 saturated carbocycles. The van der Waals surface area contributed by atoms with Gasteiger partial charge in [0.1, 0.15) is 5.75 Å². The molecule has 0 aliphatic heterocycles. The molecule has 1 aromatic carbocycles. The van der Waals surface area contributed by atoms with Gasteiger partial charge >= 0.3 is 12.1 Å². The fourth-order valence-electron chi connectivity index (χ4n) is 1.83. The summed E-state index contributed by atoms with van der Waals surface area (Å²) in [6, 6.07) is 1.48. The first-order valence-electron chi connectivity index (χ1n) is 5.27. The molecule has 0 unspecified atom stereocenters. The SMILES string of the molecule is CC(C)(CC(=O)O)c1cc(Cl)c(O)cc1C(F)(F)F. The maximum atomic E-state index is 12.9. The Hall–Kier alpha value is -1.43. The van der Waals surface area contributed by atoms with Crippen LogP contribution in [0, 0.1) is 0 Å². The van der Waals surface area contributed by atoms with Gasteiger partial charge in [0, 0.05) is 5.41 Å². The number of carboxylic acid groups (broad SMARTS) is 1. The number of aliphatic carboxylic acids is 1. The summed E-state index contributed by atoms with van der Waals surface area (Å²) in [6.45, 7) is 2.75. The minimum atomic E-state index is -4.70. The number of benzene rings is 1. The van der Waals surface area contributed by atoms with Crippen LogP contribution in [0.5, 0.6) is 5.75 Å². The van der Waals surface area contributed by atoms with Crippen molar-refractivity contribution in [3.8, 4) is 5.75 Å². The van der Waals surface area contributed by atoms with Crippen molar-refractivity contribution in [3.05, 3.63) is 28.3 Å². The van der Waals surface area contributed by atoms with Gasteiger partial charge in [-0.1, -0.05) is 25.4 Å². The Balaban J connectivity index is 3.49. The molecule has 0 heterocycles. The fraction of sp³-hybridized carbons (Fsp3) is 0.417. The summed E-state index contributed by atoms with van der Waals surface area (Å²) in [7, 11) is 0. The predicted molar refractivity (Wildman–Crippen MR) is 63.4 cm³/mol. The van der Waals surface area contributed by atoms with Crippen molar-refractivity contribution in [1.29, 1.82) is 0 Å². The molecule has 0 amide bonds. The Morgan fingerprint density at radius 2 is 1.79 bits per heavy atom. The first-order valence-corrected chi connectivity index (χ1v) is 5.65. The van der Waals surface area contributed by atoms with Crippen molar-refractivity contribution >= 4 is 17.6 Å². The highest BCUT2D eigenvalue weighted by Crippen LogP contribution is 2.43. The molecule has 0 spiro atoms. The third kappa shape index (κ3) is 3.53. The fourth-order valence-corrected chi connectivity index (χ4v) is 1.99. The monoisotopic (exact) mass is 296 g/mol. The van der Waals surface area contributed by atoms with Crippen LogP contribution in [0.3, 0.4) is 0 Å². The first-order chi connectivity index (χ1) is 8.45. The Morgan fingerprint density at radius 1 is 1.26 bits per heavy atom. The lowest BCUT2D eigenvalue weighted by molar-refractivity contribution is -0.141. The molecule has 3 nitrogen and oxygen atoms in total. The molecule has 0 aliphatic rings. The van der Waals surface area contributed by atoms with Gasteiger partial charge in [-0.05, 0) is 17.7 Å². The Labute approximate surface area is 112 Å². The molecule has 0 bridgehead atoms. The number of carbonyl (C=O) groups is 1. The minimum absolute atomic E-state index is 0.249. The Bertz CT molecular complexity index is 510. The van der Waals surface area contributed by atoms with Crippen molar-refractivity contribution in [2.24, 2.45) is 0 Å². The van der Waals surface area contributed by atoms with Gasteiger partial charge in [0.25, 0.3) is 0 Å². The number of hydrogen-bond donors (Lipinski definition) is 2. The van der Waals surface area contributed by atoms with E-state index in [0.29, 0.717) is 6.07 Å². The second-order valence-corrected chi connectivity index (χ2v) is 5.21. The quantitative estimate of drug-likeness (QED) is 0.891. The summed E-state index contributed by atoms with van der Waals surface area (Å²) < 4.78 is 38.8. The molecule has 19 heavy (non-hydrogen) atoms. The average molecular weight is 297 g/mol. The molecular formula is C12H12ClF3O3. The normalized spacial score (nSPS) is 12.5. The van der Waals surface area contributed by atoms with E-state index in [4.69, 9.17) is 16.7 Å². The van der Waals surface area contributed by atoms with E-state index in [1.807, 2.05) is 0 Å². The highest BCUT2D eigenvalue weighted by molar-refractivity contribution is 6.32. The number of phenols is 1. The third-order valence-corrected chi connectivity index (χ3v) is 3.02. The molecule has 1 rings (SSSR count). The van der Waals surface area contributed by atoms with Crippen molar-refractivity contribution in [2.75, 3.05) is 0 Å². The van der Waals surface area contributed by atoms with Crippen LogP contribution in [0.1, 0.15) is 31.4 Å². The van der Waals surface area contributed by atoms with Gasteiger partial charge in [0.2, 0.25) is 0 Å². The van der Waals surface area contributed by atoms with Gasteiger partial charge in [-0.25, -0.2) is 0 Å². The lowest BCUT2D eigenvalue weighted by Crippen LogP contribution is -2.25. The van der Waals surface area contributed by atoms with Crippen LogP contribution >= 0.6 is 11.6 Å². The summed E-state index contributed by atoms with van der Waals surface area (Å²) in [5.41, 5.74) is -2.61. The maximum absolute atomic E-state index is 12.9. The average Bonchev–Trinajstić information content (AvgIpc) is 2.17. The topological polar surface area (TPSA) is 57.5 Å². The molecule has 0 fully saturated rings. The van der Waals surface area contributed by atoms with Gasteiger partial charge in [-0.15, -0.1) is 0 Å². The van der Waals surface area contributed by atoms with Crippen molar-refractivity contribution < 1.29 is 28.2 Å². The van der Waals surface area contributed by atoms with E-state index in [0.717, 1.165) is 6.07 Å². The maximum Gasteiger partial charge on any atom is 0.416 e. The number of halogens is 4. The summed E-state index contributed by atoms with van der Waals surface area (Å²) >= 11 is 5.61. The number of alkyl halides is 3. The third-order valence-electron chi connectivity index (χ3n) is 2.71. The molecule has 0 aromatic heterocycles. The smallest absolute Gasteiger partial charge is 0.416 e. The van der Waals surface area contributed by atoms with E-state index >= 15 is 0 Å². The Morgan fingerprint density at radius 3 is 2.21 bits per heavy atom. The van der Waals surface area contributed by atoms with Crippen LogP contribution in [-0.2, 0) is 16.4 Å². The highest BCUT2D eigenvalue weighted by atomic mass is 35.5. The second-order valence-electron chi connectivity index (χ2n) is 4.80. The number of aromatic hydroxyl groups is 1. The van der Waals surface area contributed by atoms with Gasteiger partial charge in [0.15, 0.2) is 0 Å². The zero-order valence-electron chi connectivity index (χ0n) is 10.2. The van der Waals surface area contributed by atoms with Crippen LogP contribution in [0.15, 0.2) is 12.1 Å². The molecule has 0 saturated heterocycles. The van der Waals surface area contributed by atoms with Crippen molar-refractivity contribution in [3.63, 3.8) is 0 Å². The molecule has 0 aliphatic carbocycles. The molecule has 0 radical (unpaired) electrons. The van der Waals surface area contributed by atoms with Crippen LogP contribution < -0.4 is 0 Å². The zero-order chi connectivity index (χ0) is 15.0. The number of carboxylic acids is 1. The van der Waals surface area contributed by atoms with Crippen LogP contribution in [0.2, 0.25) is 5.02 Å². The number of phenolic OH excluding ortho intramolecular Hbond substituents is 1. The number of rotatable bonds is 3. The first kappa shape index (κ1) is 15.6. The largest absolute Gasteiger partial charge is 0.506 e. The highest BCUT2D eigenvalue weighted by Gasteiger charge is 2.39. The van der Waals surface area contributed by atoms with Crippen LogP contribution in [0.25, 0.3) is 0 Å². The summed E-state index contributed by atoms with van der Waals surface area (Å²) in [5.74, 6) is -1.91. The van der Waals surface area contributed by atoms with Gasteiger partial charge in [-0.2, -0.15) is 13.2 Å². The second kappa shape index (κ2) is 4.92. The van der Waals surface area contributed by atoms with Crippen molar-refractivity contribution in [2.45, 2.75) is 31.9 Å². The van der Waals surface area contributed by atoms with E-state index in [9.17, 15) is 23.1 Å². The minimum Gasteiger partial charge on any atom is -0.506 e. The van der Waals surface area contributed by atoms with Gasteiger partial charge < -0.3 is 10.2 Å². The standard InChI is InChI=1S/C12H12ClF3O3/c1-11(2,5-10(18)19)6-3-8(13)9(17)4-7(6)12(14,15)16/h3-4,17H,5H2,1-2H3,(H,18,19). The zero-order valence-corrected chi connectivity index (χ0v) is 10.9. The molecular weight excluding hydrogens is 285 g/mol. The van der Waals surface area contributed by atoms with E-state index in [1.165, 1.54) is 13.8 Å². The molecule has 106 valence electrons. The molecule has 2 N–H and O–H groups in total. The van der Waals surface area contributed by atoms with E-state index in [-0.39, 0.29) is 10.6 Å². The van der Waals surface area contributed by atoms with E-state index in [1.54, 1.807) is 0 Å². The molecule has 7 heteroatoms. The summed E-state index contributed by atoms with van der Waals surface area (Å²) in [6.07, 6.45) is -5.19. The van der Waals surface area contributed by atoms with E-state index < -0.39 is 35.3 Å². The van der Waals surface area contributed by atoms with Gasteiger partial charge in [0.05, 0.1) is 17.0 Å². The van der Waals surface area contributed by atoms with Gasteiger partial charge in [-0.3, -0.25) is 4.79 Å². The predicted octanol–water partition coefficient (Wildman–Crippen LogP) is 3.82.